The molecule has 0 aromatic heterocycles. The molecule has 1 aromatic carbocycles. The first kappa shape index (κ1) is 12.0. The third-order valence-electron chi connectivity index (χ3n) is 3.48. The van der Waals surface area contributed by atoms with Gasteiger partial charge in [0.25, 0.3) is 0 Å². The van der Waals surface area contributed by atoms with Gasteiger partial charge < -0.3 is 9.47 Å². The summed E-state index contributed by atoms with van der Waals surface area (Å²) in [5.41, 5.74) is 0.539. The monoisotopic (exact) mass is 258 g/mol. The molecular formula is C15H14O4. The summed E-state index contributed by atoms with van der Waals surface area (Å²) in [6.07, 6.45) is 4.27. The zero-order valence-corrected chi connectivity index (χ0v) is 10.3. The van der Waals surface area contributed by atoms with Crippen LogP contribution in [-0.2, 0) is 14.3 Å². The highest BCUT2D eigenvalue weighted by molar-refractivity contribution is 5.89. The Labute approximate surface area is 111 Å². The molecule has 0 radical (unpaired) electrons. The second kappa shape index (κ2) is 4.88. The maximum Gasteiger partial charge on any atom is 0.338 e. The lowest BCUT2D eigenvalue weighted by atomic mass is 9.89. The first-order valence-corrected chi connectivity index (χ1v) is 6.36. The minimum atomic E-state index is -0.334. The van der Waals surface area contributed by atoms with Gasteiger partial charge in [0.2, 0.25) is 0 Å². The Morgan fingerprint density at radius 1 is 1.21 bits per heavy atom. The third kappa shape index (κ3) is 2.52. The summed E-state index contributed by atoms with van der Waals surface area (Å²) >= 11 is 0. The molecule has 0 unspecified atom stereocenters. The van der Waals surface area contributed by atoms with E-state index >= 15 is 0 Å². The Morgan fingerprint density at radius 2 is 2.00 bits per heavy atom. The number of benzene rings is 1. The smallest absolute Gasteiger partial charge is 0.338 e. The minimum Gasteiger partial charge on any atom is -0.458 e. The summed E-state index contributed by atoms with van der Waals surface area (Å²) < 4.78 is 10.6. The number of esters is 2. The van der Waals surface area contributed by atoms with Crippen molar-refractivity contribution in [2.24, 2.45) is 5.92 Å². The molecule has 0 amide bonds. The number of carbonyl (C=O) groups excluding carboxylic acids is 2. The van der Waals surface area contributed by atoms with E-state index in [0.29, 0.717) is 18.4 Å². The zero-order chi connectivity index (χ0) is 13.2. The van der Waals surface area contributed by atoms with Gasteiger partial charge in [0.1, 0.15) is 12.2 Å². The lowest BCUT2D eigenvalue weighted by Gasteiger charge is -2.24. The van der Waals surface area contributed by atoms with Crippen LogP contribution in [0.4, 0.5) is 0 Å². The van der Waals surface area contributed by atoms with Gasteiger partial charge in [0.05, 0.1) is 12.0 Å². The van der Waals surface area contributed by atoms with Crippen molar-refractivity contribution in [3.8, 4) is 0 Å². The molecule has 1 aliphatic heterocycles. The Hall–Kier alpha value is -2.10. The number of hydrogen-bond donors (Lipinski definition) is 0. The number of carbonyl (C=O) groups is 2. The normalized spacial score (nSPS) is 28.6. The van der Waals surface area contributed by atoms with Crippen LogP contribution in [0.5, 0.6) is 0 Å². The van der Waals surface area contributed by atoms with Crippen molar-refractivity contribution in [1.82, 2.24) is 0 Å². The van der Waals surface area contributed by atoms with Crippen LogP contribution in [0.25, 0.3) is 0 Å². The summed E-state index contributed by atoms with van der Waals surface area (Å²) in [7, 11) is 0. The SMILES string of the molecule is O=C1C[C@@H]2C[C@H](OC(=O)c3ccccc3)C=C[C@@H]2O1. The maximum atomic E-state index is 11.9. The van der Waals surface area contributed by atoms with Crippen molar-refractivity contribution in [3.63, 3.8) is 0 Å². The van der Waals surface area contributed by atoms with Crippen molar-refractivity contribution >= 4 is 11.9 Å². The number of ether oxygens (including phenoxy) is 2. The molecule has 2 aliphatic rings. The molecule has 4 nitrogen and oxygen atoms in total. The minimum absolute atomic E-state index is 0.131. The molecule has 1 fully saturated rings. The van der Waals surface area contributed by atoms with E-state index in [-0.39, 0.29) is 30.1 Å². The molecule has 3 rings (SSSR count). The van der Waals surface area contributed by atoms with E-state index in [0.717, 1.165) is 0 Å². The summed E-state index contributed by atoms with van der Waals surface area (Å²) in [5.74, 6) is -0.375. The van der Waals surface area contributed by atoms with Gasteiger partial charge >= 0.3 is 11.9 Å². The highest BCUT2D eigenvalue weighted by Crippen LogP contribution is 2.32. The first-order valence-electron chi connectivity index (χ1n) is 6.36. The van der Waals surface area contributed by atoms with Gasteiger partial charge in [-0.05, 0) is 30.7 Å². The standard InChI is InChI=1S/C15H14O4/c16-14-9-11-8-12(6-7-13(11)19-14)18-15(17)10-4-2-1-3-5-10/h1-7,11-13H,8-9H2/t11-,12+,13-/m0/s1. The highest BCUT2D eigenvalue weighted by atomic mass is 16.6. The molecule has 19 heavy (non-hydrogen) atoms. The molecule has 98 valence electrons. The lowest BCUT2D eigenvalue weighted by molar-refractivity contribution is -0.140. The van der Waals surface area contributed by atoms with Crippen molar-refractivity contribution in [3.05, 3.63) is 48.0 Å². The Balaban J connectivity index is 1.64. The van der Waals surface area contributed by atoms with Gasteiger partial charge in [-0.25, -0.2) is 4.79 Å². The fourth-order valence-corrected chi connectivity index (χ4v) is 2.52. The van der Waals surface area contributed by atoms with Crippen LogP contribution in [-0.4, -0.2) is 24.1 Å². The van der Waals surface area contributed by atoms with Crippen molar-refractivity contribution < 1.29 is 19.1 Å². The topological polar surface area (TPSA) is 52.6 Å². The molecule has 1 aromatic rings. The predicted octanol–water partition coefficient (Wildman–Crippen LogP) is 2.10. The van der Waals surface area contributed by atoms with E-state index in [9.17, 15) is 9.59 Å². The van der Waals surface area contributed by atoms with Crippen LogP contribution in [0.15, 0.2) is 42.5 Å². The molecule has 1 saturated heterocycles. The van der Waals surface area contributed by atoms with Gasteiger partial charge in [0.15, 0.2) is 0 Å². The highest BCUT2D eigenvalue weighted by Gasteiger charge is 2.37. The fourth-order valence-electron chi connectivity index (χ4n) is 2.52. The maximum absolute atomic E-state index is 11.9. The summed E-state index contributed by atoms with van der Waals surface area (Å²) in [6, 6.07) is 8.89. The van der Waals surface area contributed by atoms with Crippen LogP contribution in [0.1, 0.15) is 23.2 Å². The molecule has 0 spiro atoms. The van der Waals surface area contributed by atoms with E-state index in [1.807, 2.05) is 12.1 Å². The van der Waals surface area contributed by atoms with Gasteiger partial charge in [-0.15, -0.1) is 0 Å². The van der Waals surface area contributed by atoms with Crippen LogP contribution in [0.2, 0.25) is 0 Å². The molecule has 0 N–H and O–H groups in total. The largest absolute Gasteiger partial charge is 0.458 e. The molecule has 1 aliphatic carbocycles. The van der Waals surface area contributed by atoms with Crippen molar-refractivity contribution in [2.45, 2.75) is 25.0 Å². The first-order chi connectivity index (χ1) is 9.22. The Morgan fingerprint density at radius 3 is 2.79 bits per heavy atom. The van der Waals surface area contributed by atoms with E-state index in [4.69, 9.17) is 9.47 Å². The molecule has 4 heteroatoms. The molecule has 0 saturated carbocycles. The Bertz CT molecular complexity index is 520. The second-order valence-corrected chi connectivity index (χ2v) is 4.85. The second-order valence-electron chi connectivity index (χ2n) is 4.85. The molecule has 0 bridgehead atoms. The quantitative estimate of drug-likeness (QED) is 0.602. The number of rotatable bonds is 2. The summed E-state index contributed by atoms with van der Waals surface area (Å²) in [5, 5.41) is 0. The van der Waals surface area contributed by atoms with Crippen LogP contribution in [0, 0.1) is 5.92 Å². The van der Waals surface area contributed by atoms with Crippen LogP contribution < -0.4 is 0 Å². The third-order valence-corrected chi connectivity index (χ3v) is 3.48. The number of fused-ring (bicyclic) bond motifs is 1. The van der Waals surface area contributed by atoms with E-state index in [1.54, 1.807) is 30.3 Å². The van der Waals surface area contributed by atoms with Gasteiger partial charge in [-0.3, -0.25) is 4.79 Å². The molecular weight excluding hydrogens is 244 g/mol. The van der Waals surface area contributed by atoms with Crippen molar-refractivity contribution in [2.75, 3.05) is 0 Å². The zero-order valence-electron chi connectivity index (χ0n) is 10.3. The van der Waals surface area contributed by atoms with Gasteiger partial charge in [-0.1, -0.05) is 18.2 Å². The van der Waals surface area contributed by atoms with Crippen LogP contribution >= 0.6 is 0 Å². The van der Waals surface area contributed by atoms with Gasteiger partial charge in [0, 0.05) is 5.92 Å². The average molecular weight is 258 g/mol. The van der Waals surface area contributed by atoms with E-state index in [2.05, 4.69) is 0 Å². The Kier molecular flexibility index (Phi) is 3.07. The summed E-state index contributed by atoms with van der Waals surface area (Å²) in [6.45, 7) is 0. The molecule has 3 atom stereocenters. The van der Waals surface area contributed by atoms with E-state index in [1.165, 1.54) is 0 Å². The average Bonchev–Trinajstić information content (AvgIpc) is 2.79. The molecule has 1 heterocycles. The fraction of sp³-hybridized carbons (Fsp3) is 0.333. The number of hydrogen-bond acceptors (Lipinski definition) is 4. The lowest BCUT2D eigenvalue weighted by Crippen LogP contribution is -2.27. The summed E-state index contributed by atoms with van der Waals surface area (Å²) in [4.78, 5) is 23.1. The van der Waals surface area contributed by atoms with Crippen molar-refractivity contribution in [1.29, 1.82) is 0 Å². The van der Waals surface area contributed by atoms with Gasteiger partial charge in [-0.2, -0.15) is 0 Å². The predicted molar refractivity (Wildman–Crippen MR) is 67.4 cm³/mol. The van der Waals surface area contributed by atoms with E-state index < -0.39 is 0 Å². The van der Waals surface area contributed by atoms with Crippen LogP contribution in [0.3, 0.4) is 0 Å².